The predicted octanol–water partition coefficient (Wildman–Crippen LogP) is 0.962. The standard InChI is InChI=1S/C15H28N4O2/c1-11-14(12(2)18(6)16-11)10-19(8-9-21-7)15(20)13(3)17(4)5/h13H,8-10H2,1-7H3/t13-/m0/s1. The second-order valence-electron chi connectivity index (χ2n) is 5.67. The van der Waals surface area contributed by atoms with Gasteiger partial charge in [0.2, 0.25) is 5.91 Å². The molecule has 0 saturated heterocycles. The fourth-order valence-corrected chi connectivity index (χ4v) is 2.19. The molecule has 0 aromatic carbocycles. The molecule has 6 nitrogen and oxygen atoms in total. The Balaban J connectivity index is 2.95. The number of rotatable bonds is 7. The maximum absolute atomic E-state index is 12.6. The molecule has 0 spiro atoms. The molecule has 0 unspecified atom stereocenters. The third kappa shape index (κ3) is 4.28. The van der Waals surface area contributed by atoms with E-state index in [1.807, 2.05) is 56.4 Å². The number of aromatic nitrogens is 2. The highest BCUT2D eigenvalue weighted by Crippen LogP contribution is 2.16. The molecule has 1 heterocycles. The summed E-state index contributed by atoms with van der Waals surface area (Å²) in [6.07, 6.45) is 0. The van der Waals surface area contributed by atoms with Crippen molar-refractivity contribution in [1.29, 1.82) is 0 Å². The van der Waals surface area contributed by atoms with E-state index in [1.54, 1.807) is 7.11 Å². The monoisotopic (exact) mass is 296 g/mol. The maximum Gasteiger partial charge on any atom is 0.240 e. The fourth-order valence-electron chi connectivity index (χ4n) is 2.19. The first-order chi connectivity index (χ1) is 9.79. The molecule has 6 heteroatoms. The van der Waals surface area contributed by atoms with Crippen molar-refractivity contribution in [2.24, 2.45) is 7.05 Å². The van der Waals surface area contributed by atoms with Gasteiger partial charge in [0.25, 0.3) is 0 Å². The van der Waals surface area contributed by atoms with Crippen LogP contribution in [0, 0.1) is 13.8 Å². The summed E-state index contributed by atoms with van der Waals surface area (Å²) in [6, 6.07) is -0.154. The lowest BCUT2D eigenvalue weighted by atomic mass is 10.1. The molecule has 0 N–H and O–H groups in total. The Morgan fingerprint density at radius 1 is 1.38 bits per heavy atom. The first-order valence-electron chi connectivity index (χ1n) is 7.22. The van der Waals surface area contributed by atoms with Crippen molar-refractivity contribution in [2.75, 3.05) is 34.4 Å². The Morgan fingerprint density at radius 3 is 2.43 bits per heavy atom. The molecule has 0 fully saturated rings. The lowest BCUT2D eigenvalue weighted by molar-refractivity contribution is -0.136. The molecule has 0 saturated carbocycles. The van der Waals surface area contributed by atoms with Gasteiger partial charge in [0.05, 0.1) is 18.3 Å². The van der Waals surface area contributed by atoms with Crippen LogP contribution in [0.3, 0.4) is 0 Å². The Kier molecular flexibility index (Phi) is 6.36. The Morgan fingerprint density at radius 2 is 2.00 bits per heavy atom. The van der Waals surface area contributed by atoms with E-state index in [2.05, 4.69) is 5.10 Å². The predicted molar refractivity (Wildman–Crippen MR) is 83.1 cm³/mol. The minimum atomic E-state index is -0.154. The number of carbonyl (C=O) groups is 1. The van der Waals surface area contributed by atoms with E-state index in [-0.39, 0.29) is 11.9 Å². The van der Waals surface area contributed by atoms with Crippen molar-refractivity contribution in [3.05, 3.63) is 17.0 Å². The van der Waals surface area contributed by atoms with Gasteiger partial charge in [-0.3, -0.25) is 14.4 Å². The van der Waals surface area contributed by atoms with Crippen molar-refractivity contribution in [2.45, 2.75) is 33.4 Å². The molecule has 0 radical (unpaired) electrons. The molecule has 1 rings (SSSR count). The molecule has 1 aromatic rings. The van der Waals surface area contributed by atoms with Crippen LogP contribution in [0.25, 0.3) is 0 Å². The van der Waals surface area contributed by atoms with Crippen LogP contribution < -0.4 is 0 Å². The SMILES string of the molecule is COCCN(Cc1c(C)nn(C)c1C)C(=O)[C@H](C)N(C)C. The average Bonchev–Trinajstić information content (AvgIpc) is 2.67. The van der Waals surface area contributed by atoms with Gasteiger partial charge in [-0.1, -0.05) is 0 Å². The van der Waals surface area contributed by atoms with Gasteiger partial charge in [0.1, 0.15) is 0 Å². The lowest BCUT2D eigenvalue weighted by Crippen LogP contribution is -2.45. The fraction of sp³-hybridized carbons (Fsp3) is 0.733. The topological polar surface area (TPSA) is 50.6 Å². The van der Waals surface area contributed by atoms with Crippen molar-refractivity contribution in [3.8, 4) is 0 Å². The summed E-state index contributed by atoms with van der Waals surface area (Å²) < 4.78 is 7.00. The van der Waals surface area contributed by atoms with Gasteiger partial charge in [0.15, 0.2) is 0 Å². The van der Waals surface area contributed by atoms with Gasteiger partial charge >= 0.3 is 0 Å². The van der Waals surface area contributed by atoms with Crippen molar-refractivity contribution in [1.82, 2.24) is 19.6 Å². The number of methoxy groups -OCH3 is 1. The summed E-state index contributed by atoms with van der Waals surface area (Å²) in [5.41, 5.74) is 3.19. The minimum absolute atomic E-state index is 0.111. The first-order valence-corrected chi connectivity index (χ1v) is 7.22. The van der Waals surface area contributed by atoms with Gasteiger partial charge in [-0.05, 0) is 34.9 Å². The van der Waals surface area contributed by atoms with Crippen LogP contribution in [0.4, 0.5) is 0 Å². The van der Waals surface area contributed by atoms with Crippen LogP contribution in [0.5, 0.6) is 0 Å². The number of hydrogen-bond acceptors (Lipinski definition) is 4. The third-order valence-corrected chi connectivity index (χ3v) is 4.02. The zero-order chi connectivity index (χ0) is 16.2. The molecule has 0 bridgehead atoms. The van der Waals surface area contributed by atoms with Gasteiger partial charge in [-0.2, -0.15) is 5.10 Å². The Labute approximate surface area is 127 Å². The maximum atomic E-state index is 12.6. The van der Waals surface area contributed by atoms with E-state index >= 15 is 0 Å². The summed E-state index contributed by atoms with van der Waals surface area (Å²) in [5, 5.41) is 4.42. The lowest BCUT2D eigenvalue weighted by Gasteiger charge is -2.28. The number of aryl methyl sites for hydroxylation is 2. The molecular formula is C15H28N4O2. The van der Waals surface area contributed by atoms with E-state index in [1.165, 1.54) is 0 Å². The highest BCUT2D eigenvalue weighted by molar-refractivity contribution is 5.81. The van der Waals surface area contributed by atoms with Crippen LogP contribution in [0.1, 0.15) is 23.9 Å². The van der Waals surface area contributed by atoms with Gasteiger partial charge in [0, 0.05) is 38.5 Å². The molecule has 0 aliphatic carbocycles. The highest BCUT2D eigenvalue weighted by Gasteiger charge is 2.24. The quantitative estimate of drug-likeness (QED) is 0.752. The smallest absolute Gasteiger partial charge is 0.240 e. The summed E-state index contributed by atoms with van der Waals surface area (Å²) in [4.78, 5) is 16.4. The number of carbonyl (C=O) groups excluding carboxylic acids is 1. The number of amides is 1. The molecule has 1 amide bonds. The molecule has 120 valence electrons. The van der Waals surface area contributed by atoms with E-state index in [0.717, 1.165) is 17.0 Å². The highest BCUT2D eigenvalue weighted by atomic mass is 16.5. The summed E-state index contributed by atoms with van der Waals surface area (Å²) in [7, 11) is 7.41. The Hall–Kier alpha value is -1.40. The molecule has 21 heavy (non-hydrogen) atoms. The number of nitrogens with zero attached hydrogens (tertiary/aromatic N) is 4. The largest absolute Gasteiger partial charge is 0.383 e. The molecular weight excluding hydrogens is 268 g/mol. The van der Waals surface area contributed by atoms with Crippen LogP contribution in [0.2, 0.25) is 0 Å². The normalized spacial score (nSPS) is 12.8. The summed E-state index contributed by atoms with van der Waals surface area (Å²) >= 11 is 0. The van der Waals surface area contributed by atoms with Crippen LogP contribution in [-0.2, 0) is 23.1 Å². The zero-order valence-electron chi connectivity index (χ0n) is 14.3. The average molecular weight is 296 g/mol. The van der Waals surface area contributed by atoms with E-state index in [0.29, 0.717) is 19.7 Å². The Bertz CT molecular complexity index is 482. The van der Waals surface area contributed by atoms with Crippen LogP contribution >= 0.6 is 0 Å². The minimum Gasteiger partial charge on any atom is -0.383 e. The van der Waals surface area contributed by atoms with Crippen LogP contribution in [0.15, 0.2) is 0 Å². The van der Waals surface area contributed by atoms with Crippen molar-refractivity contribution in [3.63, 3.8) is 0 Å². The van der Waals surface area contributed by atoms with Gasteiger partial charge in [-0.15, -0.1) is 0 Å². The second-order valence-corrected chi connectivity index (χ2v) is 5.67. The number of likely N-dealkylation sites (N-methyl/N-ethyl adjacent to an activating group) is 1. The number of hydrogen-bond donors (Lipinski definition) is 0. The van der Waals surface area contributed by atoms with E-state index < -0.39 is 0 Å². The van der Waals surface area contributed by atoms with Gasteiger partial charge < -0.3 is 9.64 Å². The summed E-state index contributed by atoms with van der Waals surface area (Å²) in [6.45, 7) is 7.63. The van der Waals surface area contributed by atoms with Crippen molar-refractivity contribution < 1.29 is 9.53 Å². The number of ether oxygens (including phenoxy) is 1. The summed E-state index contributed by atoms with van der Waals surface area (Å²) in [5.74, 6) is 0.111. The zero-order valence-corrected chi connectivity index (χ0v) is 14.3. The first kappa shape index (κ1) is 17.7. The van der Waals surface area contributed by atoms with Crippen LogP contribution in [-0.4, -0.2) is 65.9 Å². The third-order valence-electron chi connectivity index (χ3n) is 4.02. The second kappa shape index (κ2) is 7.56. The molecule has 1 atom stereocenters. The molecule has 0 aliphatic rings. The van der Waals surface area contributed by atoms with Gasteiger partial charge in [-0.25, -0.2) is 0 Å². The molecule has 0 aliphatic heterocycles. The molecule has 1 aromatic heterocycles. The van der Waals surface area contributed by atoms with E-state index in [9.17, 15) is 4.79 Å². The van der Waals surface area contributed by atoms with E-state index in [4.69, 9.17) is 4.74 Å². The van der Waals surface area contributed by atoms with Crippen molar-refractivity contribution >= 4 is 5.91 Å².